The summed E-state index contributed by atoms with van der Waals surface area (Å²) in [5.41, 5.74) is 0. The summed E-state index contributed by atoms with van der Waals surface area (Å²) in [6.07, 6.45) is 9.49. The van der Waals surface area contributed by atoms with Crippen molar-refractivity contribution >= 4 is 5.91 Å². The van der Waals surface area contributed by atoms with Crippen molar-refractivity contribution in [2.75, 3.05) is 26.2 Å². The summed E-state index contributed by atoms with van der Waals surface area (Å²) in [7, 11) is 2.07. The molecule has 2 aliphatic rings. The molecule has 0 spiro atoms. The van der Waals surface area contributed by atoms with Gasteiger partial charge in [-0.15, -0.1) is 10.2 Å². The van der Waals surface area contributed by atoms with Crippen molar-refractivity contribution < 1.29 is 4.79 Å². The van der Waals surface area contributed by atoms with Gasteiger partial charge in [0.2, 0.25) is 5.91 Å². The maximum Gasteiger partial charge on any atom is 0.244 e. The number of likely N-dealkylation sites (tertiary alicyclic amines) is 2. The van der Waals surface area contributed by atoms with Crippen molar-refractivity contribution in [1.29, 1.82) is 0 Å². The lowest BCUT2D eigenvalue weighted by molar-refractivity contribution is -0.133. The third kappa shape index (κ3) is 4.21. The number of hydrogen-bond acceptors (Lipinski definition) is 5. The van der Waals surface area contributed by atoms with Crippen LogP contribution in [0.4, 0.5) is 0 Å². The Labute approximate surface area is 160 Å². The molecule has 0 aliphatic carbocycles. The van der Waals surface area contributed by atoms with E-state index in [0.717, 1.165) is 57.2 Å². The maximum absolute atomic E-state index is 12.6. The highest BCUT2D eigenvalue weighted by Gasteiger charge is 2.28. The van der Waals surface area contributed by atoms with Gasteiger partial charge in [0.15, 0.2) is 0 Å². The van der Waals surface area contributed by atoms with Gasteiger partial charge in [0.1, 0.15) is 18.2 Å². The summed E-state index contributed by atoms with van der Waals surface area (Å²) in [6, 6.07) is 1.84. The fraction of sp³-hybridized carbons (Fsp3) is 0.684. The minimum absolute atomic E-state index is 0.124. The standard InChI is InChI=1S/C19H29N7O/c1-23-17(14-24-9-3-2-4-10-24)21-22-19(23)16-7-5-11-25(13-16)18(27)15-26-12-6-8-20-26/h6,8,12,16H,2-5,7,9-11,13-15H2,1H3/t16-/m0/s1. The monoisotopic (exact) mass is 371 g/mol. The van der Waals surface area contributed by atoms with E-state index in [2.05, 4.69) is 31.8 Å². The van der Waals surface area contributed by atoms with Gasteiger partial charge in [0.05, 0.1) is 6.54 Å². The van der Waals surface area contributed by atoms with Crippen LogP contribution in [-0.4, -0.2) is 66.4 Å². The Kier molecular flexibility index (Phi) is 5.52. The molecule has 1 amide bonds. The summed E-state index contributed by atoms with van der Waals surface area (Å²) < 4.78 is 3.84. The van der Waals surface area contributed by atoms with Crippen LogP contribution in [-0.2, 0) is 24.9 Å². The predicted molar refractivity (Wildman–Crippen MR) is 101 cm³/mol. The van der Waals surface area contributed by atoms with E-state index in [1.807, 2.05) is 17.2 Å². The smallest absolute Gasteiger partial charge is 0.244 e. The van der Waals surface area contributed by atoms with Crippen molar-refractivity contribution in [2.45, 2.75) is 51.1 Å². The minimum atomic E-state index is 0.124. The largest absolute Gasteiger partial charge is 0.340 e. The topological polar surface area (TPSA) is 72.1 Å². The second-order valence-electron chi connectivity index (χ2n) is 7.75. The molecule has 8 heteroatoms. The van der Waals surface area contributed by atoms with Crippen LogP contribution in [0.3, 0.4) is 0 Å². The molecule has 8 nitrogen and oxygen atoms in total. The van der Waals surface area contributed by atoms with Crippen molar-refractivity contribution in [1.82, 2.24) is 34.3 Å². The Morgan fingerprint density at radius 1 is 1.15 bits per heavy atom. The third-order valence-electron chi connectivity index (χ3n) is 5.81. The average Bonchev–Trinajstić information content (AvgIpc) is 3.33. The molecule has 0 N–H and O–H groups in total. The van der Waals surface area contributed by atoms with Crippen molar-refractivity contribution in [3.63, 3.8) is 0 Å². The number of piperidine rings is 2. The molecule has 2 aromatic heterocycles. The van der Waals surface area contributed by atoms with E-state index in [-0.39, 0.29) is 11.8 Å². The van der Waals surface area contributed by atoms with E-state index in [1.165, 1.54) is 19.3 Å². The van der Waals surface area contributed by atoms with E-state index in [9.17, 15) is 4.79 Å². The first kappa shape index (κ1) is 18.2. The van der Waals surface area contributed by atoms with Gasteiger partial charge < -0.3 is 9.47 Å². The number of hydrogen-bond donors (Lipinski definition) is 0. The second-order valence-corrected chi connectivity index (χ2v) is 7.75. The number of carbonyl (C=O) groups excluding carboxylic acids is 1. The Hall–Kier alpha value is -2.22. The number of rotatable bonds is 5. The van der Waals surface area contributed by atoms with Crippen molar-refractivity contribution in [2.24, 2.45) is 7.05 Å². The van der Waals surface area contributed by atoms with Gasteiger partial charge in [-0.2, -0.15) is 5.10 Å². The van der Waals surface area contributed by atoms with Crippen LogP contribution < -0.4 is 0 Å². The van der Waals surface area contributed by atoms with Gasteiger partial charge in [-0.3, -0.25) is 14.4 Å². The quantitative estimate of drug-likeness (QED) is 0.795. The second kappa shape index (κ2) is 8.21. The lowest BCUT2D eigenvalue weighted by Crippen LogP contribution is -2.41. The molecule has 146 valence electrons. The van der Waals surface area contributed by atoms with Crippen LogP contribution in [0.1, 0.15) is 49.7 Å². The third-order valence-corrected chi connectivity index (χ3v) is 5.81. The molecular weight excluding hydrogens is 342 g/mol. The maximum atomic E-state index is 12.6. The highest BCUT2D eigenvalue weighted by Crippen LogP contribution is 2.26. The molecule has 2 aliphatic heterocycles. The SMILES string of the molecule is Cn1c(CN2CCCCC2)nnc1[C@H]1CCCN(C(=O)Cn2cccn2)C1. The van der Waals surface area contributed by atoms with E-state index < -0.39 is 0 Å². The zero-order valence-electron chi connectivity index (χ0n) is 16.1. The Morgan fingerprint density at radius 2 is 2.00 bits per heavy atom. The van der Waals surface area contributed by atoms with Crippen LogP contribution >= 0.6 is 0 Å². The van der Waals surface area contributed by atoms with Gasteiger partial charge in [-0.1, -0.05) is 6.42 Å². The normalized spacial score (nSPS) is 21.5. The van der Waals surface area contributed by atoms with Crippen molar-refractivity contribution in [3.05, 3.63) is 30.1 Å². The summed E-state index contributed by atoms with van der Waals surface area (Å²) in [6.45, 7) is 5.02. The molecule has 4 rings (SSSR count). The first-order valence-electron chi connectivity index (χ1n) is 10.1. The molecule has 0 aromatic carbocycles. The molecule has 2 saturated heterocycles. The van der Waals surface area contributed by atoms with Crippen molar-refractivity contribution in [3.8, 4) is 0 Å². The van der Waals surface area contributed by atoms with Gasteiger partial charge in [-0.25, -0.2) is 0 Å². The fourth-order valence-corrected chi connectivity index (χ4v) is 4.23. The van der Waals surface area contributed by atoms with Crippen LogP contribution in [0.5, 0.6) is 0 Å². The van der Waals surface area contributed by atoms with Gasteiger partial charge in [-0.05, 0) is 44.8 Å². The molecular formula is C19H29N7O. The van der Waals surface area contributed by atoms with Crippen LogP contribution in [0.15, 0.2) is 18.5 Å². The summed E-state index contributed by atoms with van der Waals surface area (Å²) >= 11 is 0. The first-order chi connectivity index (χ1) is 13.2. The number of aromatic nitrogens is 5. The number of amides is 1. The zero-order valence-corrected chi connectivity index (χ0v) is 16.1. The summed E-state index contributed by atoms with van der Waals surface area (Å²) in [4.78, 5) is 17.0. The van der Waals surface area contributed by atoms with Gasteiger partial charge in [0.25, 0.3) is 0 Å². The highest BCUT2D eigenvalue weighted by atomic mass is 16.2. The molecule has 2 fully saturated rings. The number of nitrogens with zero attached hydrogens (tertiary/aromatic N) is 7. The lowest BCUT2D eigenvalue weighted by Gasteiger charge is -2.32. The minimum Gasteiger partial charge on any atom is -0.340 e. The molecule has 27 heavy (non-hydrogen) atoms. The molecule has 2 aromatic rings. The van der Waals surface area contributed by atoms with Crippen LogP contribution in [0, 0.1) is 0 Å². The predicted octanol–water partition coefficient (Wildman–Crippen LogP) is 1.40. The number of carbonyl (C=O) groups is 1. The lowest BCUT2D eigenvalue weighted by atomic mass is 9.97. The Morgan fingerprint density at radius 3 is 2.78 bits per heavy atom. The molecule has 0 bridgehead atoms. The molecule has 4 heterocycles. The van der Waals surface area contributed by atoms with E-state index in [0.29, 0.717) is 6.54 Å². The summed E-state index contributed by atoms with van der Waals surface area (Å²) in [5.74, 6) is 2.43. The van der Waals surface area contributed by atoms with Crippen LogP contribution in [0.25, 0.3) is 0 Å². The average molecular weight is 371 g/mol. The Bertz CT molecular complexity index is 748. The first-order valence-corrected chi connectivity index (χ1v) is 10.1. The molecule has 0 unspecified atom stereocenters. The van der Waals surface area contributed by atoms with Gasteiger partial charge >= 0.3 is 0 Å². The van der Waals surface area contributed by atoms with E-state index >= 15 is 0 Å². The molecule has 0 saturated carbocycles. The Balaban J connectivity index is 1.39. The summed E-state index contributed by atoms with van der Waals surface area (Å²) in [5, 5.41) is 13.1. The van der Waals surface area contributed by atoms with E-state index in [4.69, 9.17) is 0 Å². The molecule has 0 radical (unpaired) electrons. The van der Waals surface area contributed by atoms with Gasteiger partial charge in [0, 0.05) is 38.4 Å². The zero-order chi connectivity index (χ0) is 18.6. The van der Waals surface area contributed by atoms with E-state index in [1.54, 1.807) is 10.9 Å². The molecule has 1 atom stereocenters. The fourth-order valence-electron chi connectivity index (χ4n) is 4.23. The van der Waals surface area contributed by atoms with Crippen LogP contribution in [0.2, 0.25) is 0 Å². The highest BCUT2D eigenvalue weighted by molar-refractivity contribution is 5.76.